The van der Waals surface area contributed by atoms with Gasteiger partial charge in [0.2, 0.25) is 6.41 Å². The number of nitrogens with two attached hydrogens (primary N) is 1. The van der Waals surface area contributed by atoms with E-state index in [1.165, 1.54) is 16.7 Å². The summed E-state index contributed by atoms with van der Waals surface area (Å²) in [6.45, 7) is 6.86. The van der Waals surface area contributed by atoms with E-state index in [9.17, 15) is 0 Å². The Kier molecular flexibility index (Phi) is 8.84. The molecule has 0 atom stereocenters. The predicted octanol–water partition coefficient (Wildman–Crippen LogP) is 4.15. The number of carbonyl (C=O) groups is 1. The van der Waals surface area contributed by atoms with E-state index in [4.69, 9.17) is 9.53 Å². The zero-order chi connectivity index (χ0) is 21.9. The third-order valence-electron chi connectivity index (χ3n) is 4.75. The Morgan fingerprint density at radius 2 is 1.90 bits per heavy atom. The van der Waals surface area contributed by atoms with E-state index in [0.29, 0.717) is 13.0 Å². The molecule has 1 aromatic heterocycles. The van der Waals surface area contributed by atoms with Crippen LogP contribution >= 0.6 is 0 Å². The number of pyridine rings is 1. The maximum atomic E-state index is 8.94. The molecule has 0 radical (unpaired) electrons. The van der Waals surface area contributed by atoms with Crippen LogP contribution in [0.1, 0.15) is 29.2 Å². The van der Waals surface area contributed by atoms with Crippen LogP contribution in [-0.2, 0) is 17.8 Å². The van der Waals surface area contributed by atoms with E-state index in [2.05, 4.69) is 72.5 Å². The smallest absolute Gasteiger partial charge is 0.221 e. The Bertz CT molecular complexity index is 934. The molecule has 1 amide bonds. The number of hydrazine groups is 1. The summed E-state index contributed by atoms with van der Waals surface area (Å²) in [5.74, 6) is 5.32. The molecule has 3 aromatic rings. The Labute approximate surface area is 178 Å². The third kappa shape index (κ3) is 6.06. The second-order valence-corrected chi connectivity index (χ2v) is 6.82. The number of benzene rings is 2. The summed E-state index contributed by atoms with van der Waals surface area (Å²) >= 11 is 0. The van der Waals surface area contributed by atoms with Gasteiger partial charge in [0.1, 0.15) is 12.4 Å². The number of nitrogens with zero attached hydrogens (tertiary/aromatic N) is 1. The second kappa shape index (κ2) is 11.6. The first-order chi connectivity index (χ1) is 14.5. The molecule has 2 aromatic carbocycles. The molecule has 0 aliphatic rings. The monoisotopic (exact) mass is 406 g/mol. The summed E-state index contributed by atoms with van der Waals surface area (Å²) in [6, 6.07) is 16.7. The molecule has 158 valence electrons. The molecule has 0 spiro atoms. The number of amides is 1. The van der Waals surface area contributed by atoms with Crippen molar-refractivity contribution >= 4 is 12.1 Å². The summed E-state index contributed by atoms with van der Waals surface area (Å²) in [6.07, 6.45) is 3.29. The quantitative estimate of drug-likeness (QED) is 0.237. The topological polar surface area (TPSA) is 89.3 Å². The first-order valence-corrected chi connectivity index (χ1v) is 9.88. The first kappa shape index (κ1) is 22.9. The lowest BCUT2D eigenvalue weighted by Crippen LogP contribution is -2.18. The minimum Gasteiger partial charge on any atom is -0.489 e. The Balaban J connectivity index is 0.000000735. The SMILES string of the molecule is CCc1cccc(NC)c1COc1ccc(-c2ccc(C)cn2)cc1C.NNC=O. The number of nitrogens with one attached hydrogen (secondary N) is 2. The molecule has 6 nitrogen and oxygen atoms in total. The number of aromatic nitrogens is 1. The van der Waals surface area contributed by atoms with Gasteiger partial charge in [0.05, 0.1) is 5.69 Å². The fourth-order valence-corrected chi connectivity index (χ4v) is 3.13. The highest BCUT2D eigenvalue weighted by molar-refractivity contribution is 5.62. The molecule has 6 heteroatoms. The number of hydrogen-bond donors (Lipinski definition) is 3. The van der Waals surface area contributed by atoms with Crippen molar-refractivity contribution in [3.05, 3.63) is 77.0 Å². The van der Waals surface area contributed by atoms with Gasteiger partial charge in [0.15, 0.2) is 0 Å². The van der Waals surface area contributed by atoms with Crippen molar-refractivity contribution in [1.82, 2.24) is 10.4 Å². The molecule has 0 unspecified atom stereocenters. The molecule has 0 bridgehead atoms. The van der Waals surface area contributed by atoms with Crippen LogP contribution in [0.25, 0.3) is 11.3 Å². The highest BCUT2D eigenvalue weighted by Crippen LogP contribution is 2.28. The molecule has 0 saturated carbocycles. The summed E-state index contributed by atoms with van der Waals surface area (Å²) in [4.78, 5) is 13.4. The summed E-state index contributed by atoms with van der Waals surface area (Å²) in [5.41, 5.74) is 9.79. The van der Waals surface area contributed by atoms with Crippen LogP contribution < -0.4 is 21.3 Å². The lowest BCUT2D eigenvalue weighted by molar-refractivity contribution is -0.109. The first-order valence-electron chi connectivity index (χ1n) is 9.88. The zero-order valence-electron chi connectivity index (χ0n) is 18.0. The highest BCUT2D eigenvalue weighted by atomic mass is 16.5. The Morgan fingerprint density at radius 1 is 1.13 bits per heavy atom. The van der Waals surface area contributed by atoms with E-state index < -0.39 is 0 Å². The van der Waals surface area contributed by atoms with Crippen molar-refractivity contribution in [3.63, 3.8) is 0 Å². The maximum absolute atomic E-state index is 8.94. The van der Waals surface area contributed by atoms with Gasteiger partial charge in [-0.05, 0) is 67.3 Å². The molecule has 0 fully saturated rings. The van der Waals surface area contributed by atoms with Crippen LogP contribution in [0.3, 0.4) is 0 Å². The average Bonchev–Trinajstić information content (AvgIpc) is 2.78. The van der Waals surface area contributed by atoms with E-state index in [0.717, 1.165) is 34.7 Å². The summed E-state index contributed by atoms with van der Waals surface area (Å²) in [7, 11) is 1.95. The maximum Gasteiger partial charge on any atom is 0.221 e. The van der Waals surface area contributed by atoms with Crippen LogP contribution in [0.4, 0.5) is 5.69 Å². The molecule has 3 rings (SSSR count). The van der Waals surface area contributed by atoms with Crippen LogP contribution in [0.15, 0.2) is 54.7 Å². The minimum absolute atomic E-state index is 0.403. The van der Waals surface area contributed by atoms with Gasteiger partial charge in [0, 0.05) is 30.1 Å². The molecule has 0 saturated heterocycles. The molecule has 4 N–H and O–H groups in total. The molecular weight excluding hydrogens is 376 g/mol. The van der Waals surface area contributed by atoms with E-state index >= 15 is 0 Å². The highest BCUT2D eigenvalue weighted by Gasteiger charge is 2.09. The number of carbonyl (C=O) groups excluding carboxylic acids is 1. The van der Waals surface area contributed by atoms with Crippen molar-refractivity contribution in [3.8, 4) is 17.0 Å². The average molecular weight is 407 g/mol. The van der Waals surface area contributed by atoms with Gasteiger partial charge < -0.3 is 10.1 Å². The lowest BCUT2D eigenvalue weighted by Gasteiger charge is -2.16. The van der Waals surface area contributed by atoms with Crippen LogP contribution in [0.2, 0.25) is 0 Å². The second-order valence-electron chi connectivity index (χ2n) is 6.82. The lowest BCUT2D eigenvalue weighted by atomic mass is 10.0. The van der Waals surface area contributed by atoms with E-state index in [1.54, 1.807) is 5.43 Å². The standard InChI is InChI=1S/C23H26N2O.CH4N2O/c1-5-18-7-6-8-22(24-4)20(18)15-26-23-12-10-19(13-17(23)3)21-11-9-16(2)14-25-21;2-3-1-4/h6-14,24H,5,15H2,1-4H3;1H,2H2,(H,3,4). The number of anilines is 1. The molecule has 1 heterocycles. The summed E-state index contributed by atoms with van der Waals surface area (Å²) in [5, 5.41) is 3.27. The van der Waals surface area contributed by atoms with Crippen LogP contribution in [0.5, 0.6) is 5.75 Å². The van der Waals surface area contributed by atoms with Crippen molar-refractivity contribution in [2.24, 2.45) is 5.84 Å². The number of rotatable bonds is 7. The molecular formula is C24H30N4O2. The third-order valence-corrected chi connectivity index (χ3v) is 4.75. The fourth-order valence-electron chi connectivity index (χ4n) is 3.13. The van der Waals surface area contributed by atoms with Gasteiger partial charge in [-0.1, -0.05) is 25.1 Å². The largest absolute Gasteiger partial charge is 0.489 e. The Morgan fingerprint density at radius 3 is 2.47 bits per heavy atom. The van der Waals surface area contributed by atoms with Crippen LogP contribution in [-0.4, -0.2) is 18.4 Å². The van der Waals surface area contributed by atoms with Gasteiger partial charge in [-0.3, -0.25) is 15.2 Å². The molecule has 30 heavy (non-hydrogen) atoms. The van der Waals surface area contributed by atoms with E-state index in [1.807, 2.05) is 26.2 Å². The summed E-state index contributed by atoms with van der Waals surface area (Å²) < 4.78 is 6.16. The van der Waals surface area contributed by atoms with Gasteiger partial charge in [0.25, 0.3) is 0 Å². The fraction of sp³-hybridized carbons (Fsp3) is 0.250. The van der Waals surface area contributed by atoms with Crippen molar-refractivity contribution in [1.29, 1.82) is 0 Å². The number of ether oxygens (including phenoxy) is 1. The number of aryl methyl sites for hydroxylation is 3. The Hall–Kier alpha value is -3.38. The predicted molar refractivity (Wildman–Crippen MR) is 122 cm³/mol. The van der Waals surface area contributed by atoms with Crippen molar-refractivity contribution < 1.29 is 9.53 Å². The van der Waals surface area contributed by atoms with Crippen LogP contribution in [0, 0.1) is 13.8 Å². The molecule has 0 aliphatic heterocycles. The normalized spacial score (nSPS) is 9.90. The molecule has 0 aliphatic carbocycles. The van der Waals surface area contributed by atoms with Gasteiger partial charge in [-0.25, -0.2) is 5.84 Å². The van der Waals surface area contributed by atoms with Crippen molar-refractivity contribution in [2.45, 2.75) is 33.8 Å². The zero-order valence-corrected chi connectivity index (χ0v) is 18.0. The van der Waals surface area contributed by atoms with Gasteiger partial charge in [-0.2, -0.15) is 0 Å². The number of hydrogen-bond acceptors (Lipinski definition) is 5. The van der Waals surface area contributed by atoms with Gasteiger partial charge >= 0.3 is 0 Å². The van der Waals surface area contributed by atoms with Crippen molar-refractivity contribution in [2.75, 3.05) is 12.4 Å². The minimum atomic E-state index is 0.403. The van der Waals surface area contributed by atoms with E-state index in [-0.39, 0.29) is 0 Å². The van der Waals surface area contributed by atoms with Gasteiger partial charge in [-0.15, -0.1) is 0 Å².